The van der Waals surface area contributed by atoms with Gasteiger partial charge in [0.25, 0.3) is 5.91 Å². The number of likely N-dealkylation sites (N-methyl/N-ethyl adjacent to an activating group) is 1. The zero-order valence-electron chi connectivity index (χ0n) is 18.0. The maximum atomic E-state index is 13.3. The molecule has 2 aromatic carbocycles. The minimum atomic E-state index is -0.672. The van der Waals surface area contributed by atoms with Gasteiger partial charge in [0.05, 0.1) is 39.7 Å². The van der Waals surface area contributed by atoms with Gasteiger partial charge in [-0.1, -0.05) is 24.3 Å². The Balaban J connectivity index is 2.03. The SMILES string of the molecule is COC(=O)CCNC(=O)[C@@H]1c2ccccc2C(=O)N(C)[C@@H]1c1ccc(OC)c(OC)c1. The van der Waals surface area contributed by atoms with Gasteiger partial charge in [-0.25, -0.2) is 0 Å². The summed E-state index contributed by atoms with van der Waals surface area (Å²) in [5.41, 5.74) is 1.85. The lowest BCUT2D eigenvalue weighted by atomic mass is 9.79. The fraction of sp³-hybridized carbons (Fsp3) is 0.348. The average molecular weight is 426 g/mol. The van der Waals surface area contributed by atoms with Crippen LogP contribution in [-0.2, 0) is 14.3 Å². The van der Waals surface area contributed by atoms with Gasteiger partial charge in [-0.15, -0.1) is 0 Å². The molecule has 1 aliphatic heterocycles. The Bertz CT molecular complexity index is 990. The van der Waals surface area contributed by atoms with Crippen LogP contribution in [0.15, 0.2) is 42.5 Å². The van der Waals surface area contributed by atoms with Crippen molar-refractivity contribution in [2.75, 3.05) is 34.9 Å². The summed E-state index contributed by atoms with van der Waals surface area (Å²) < 4.78 is 15.4. The lowest BCUT2D eigenvalue weighted by molar-refractivity contribution is -0.140. The lowest BCUT2D eigenvalue weighted by Gasteiger charge is -2.40. The van der Waals surface area contributed by atoms with E-state index in [4.69, 9.17) is 9.47 Å². The highest BCUT2D eigenvalue weighted by molar-refractivity contribution is 6.01. The molecule has 2 aromatic rings. The topological polar surface area (TPSA) is 94.2 Å². The summed E-state index contributed by atoms with van der Waals surface area (Å²) in [5, 5.41) is 2.81. The molecular formula is C23H26N2O6. The molecule has 0 unspecified atom stereocenters. The van der Waals surface area contributed by atoms with Gasteiger partial charge in [-0.3, -0.25) is 14.4 Å². The number of carbonyl (C=O) groups is 3. The summed E-state index contributed by atoms with van der Waals surface area (Å²) in [4.78, 5) is 39.3. The van der Waals surface area contributed by atoms with Gasteiger partial charge in [0.1, 0.15) is 0 Å². The van der Waals surface area contributed by atoms with Crippen LogP contribution in [0.5, 0.6) is 11.5 Å². The van der Waals surface area contributed by atoms with Gasteiger partial charge in [0, 0.05) is 19.2 Å². The van der Waals surface area contributed by atoms with E-state index in [2.05, 4.69) is 10.1 Å². The zero-order valence-corrected chi connectivity index (χ0v) is 18.0. The highest BCUT2D eigenvalue weighted by atomic mass is 16.5. The van der Waals surface area contributed by atoms with E-state index in [1.165, 1.54) is 14.2 Å². The highest BCUT2D eigenvalue weighted by Crippen LogP contribution is 2.43. The van der Waals surface area contributed by atoms with Crippen molar-refractivity contribution in [2.24, 2.45) is 0 Å². The summed E-state index contributed by atoms with van der Waals surface area (Å²) in [6, 6.07) is 11.9. The van der Waals surface area contributed by atoms with Crippen molar-refractivity contribution in [3.05, 3.63) is 59.2 Å². The quantitative estimate of drug-likeness (QED) is 0.683. The van der Waals surface area contributed by atoms with E-state index in [1.54, 1.807) is 55.5 Å². The van der Waals surface area contributed by atoms with Gasteiger partial charge in [0.15, 0.2) is 11.5 Å². The fourth-order valence-electron chi connectivity index (χ4n) is 3.91. The van der Waals surface area contributed by atoms with Crippen LogP contribution in [0.4, 0.5) is 0 Å². The number of esters is 1. The Morgan fingerprint density at radius 2 is 1.74 bits per heavy atom. The molecule has 2 atom stereocenters. The number of nitrogens with one attached hydrogen (secondary N) is 1. The smallest absolute Gasteiger partial charge is 0.307 e. The lowest BCUT2D eigenvalue weighted by Crippen LogP contribution is -2.46. The molecule has 0 radical (unpaired) electrons. The summed E-state index contributed by atoms with van der Waals surface area (Å²) in [6.45, 7) is 0.139. The second-order valence-electron chi connectivity index (χ2n) is 7.16. The van der Waals surface area contributed by atoms with Crippen LogP contribution in [0.1, 0.15) is 39.9 Å². The summed E-state index contributed by atoms with van der Waals surface area (Å²) >= 11 is 0. The molecule has 0 spiro atoms. The van der Waals surface area contributed by atoms with Crippen LogP contribution in [0, 0.1) is 0 Å². The zero-order chi connectivity index (χ0) is 22.5. The Kier molecular flexibility index (Phi) is 6.79. The molecule has 1 N–H and O–H groups in total. The number of ether oxygens (including phenoxy) is 3. The van der Waals surface area contributed by atoms with Crippen molar-refractivity contribution >= 4 is 17.8 Å². The number of nitrogens with zero attached hydrogens (tertiary/aromatic N) is 1. The third-order valence-corrected chi connectivity index (χ3v) is 5.47. The molecule has 1 heterocycles. The molecule has 164 valence electrons. The Morgan fingerprint density at radius 3 is 2.42 bits per heavy atom. The summed E-state index contributed by atoms with van der Waals surface area (Å²) in [7, 11) is 6.05. The first kappa shape index (κ1) is 22.1. The van der Waals surface area contributed by atoms with E-state index in [0.29, 0.717) is 22.6 Å². The minimum absolute atomic E-state index is 0.0619. The molecule has 3 rings (SSSR count). The Labute approximate surface area is 181 Å². The van der Waals surface area contributed by atoms with Gasteiger partial charge in [-0.05, 0) is 29.3 Å². The summed E-state index contributed by atoms with van der Waals surface area (Å²) in [6.07, 6.45) is 0.0619. The normalized spacial score (nSPS) is 17.5. The number of hydrogen-bond acceptors (Lipinski definition) is 6. The van der Waals surface area contributed by atoms with Crippen LogP contribution in [0.3, 0.4) is 0 Å². The van der Waals surface area contributed by atoms with E-state index in [9.17, 15) is 14.4 Å². The van der Waals surface area contributed by atoms with Crippen molar-refractivity contribution in [1.82, 2.24) is 10.2 Å². The van der Waals surface area contributed by atoms with Crippen molar-refractivity contribution < 1.29 is 28.6 Å². The number of methoxy groups -OCH3 is 3. The van der Waals surface area contributed by atoms with Crippen molar-refractivity contribution in [3.63, 3.8) is 0 Å². The van der Waals surface area contributed by atoms with E-state index in [0.717, 1.165) is 5.56 Å². The largest absolute Gasteiger partial charge is 0.493 e. The molecular weight excluding hydrogens is 400 g/mol. The average Bonchev–Trinajstić information content (AvgIpc) is 2.80. The van der Waals surface area contributed by atoms with E-state index in [1.807, 2.05) is 6.07 Å². The first-order valence-electron chi connectivity index (χ1n) is 9.85. The number of hydrogen-bond donors (Lipinski definition) is 1. The number of fused-ring (bicyclic) bond motifs is 1. The van der Waals surface area contributed by atoms with Crippen molar-refractivity contribution in [3.8, 4) is 11.5 Å². The number of amides is 2. The molecule has 2 amide bonds. The van der Waals surface area contributed by atoms with Gasteiger partial charge < -0.3 is 24.4 Å². The molecule has 0 saturated carbocycles. The second kappa shape index (κ2) is 9.51. The predicted octanol–water partition coefficient (Wildman–Crippen LogP) is 2.29. The Hall–Kier alpha value is -3.55. The van der Waals surface area contributed by atoms with Gasteiger partial charge in [0.2, 0.25) is 5.91 Å². The standard InChI is InChI=1S/C23H26N2O6/c1-25-21(14-9-10-17(29-2)18(13-14)30-3)20(22(27)24-12-11-19(26)31-4)15-7-5-6-8-16(15)23(25)28/h5-10,13,20-21H,11-12H2,1-4H3,(H,24,27)/t20-,21-/m1/s1. The highest BCUT2D eigenvalue weighted by Gasteiger charge is 2.42. The maximum absolute atomic E-state index is 13.3. The van der Waals surface area contributed by atoms with E-state index in [-0.39, 0.29) is 24.8 Å². The van der Waals surface area contributed by atoms with Crippen LogP contribution in [-0.4, -0.2) is 57.6 Å². The fourth-order valence-corrected chi connectivity index (χ4v) is 3.91. The van der Waals surface area contributed by atoms with Crippen LogP contribution < -0.4 is 14.8 Å². The number of carbonyl (C=O) groups excluding carboxylic acids is 3. The molecule has 31 heavy (non-hydrogen) atoms. The minimum Gasteiger partial charge on any atom is -0.493 e. The van der Waals surface area contributed by atoms with E-state index < -0.39 is 17.9 Å². The first-order chi connectivity index (χ1) is 14.9. The van der Waals surface area contributed by atoms with Crippen molar-refractivity contribution in [1.29, 1.82) is 0 Å². The van der Waals surface area contributed by atoms with Crippen LogP contribution >= 0.6 is 0 Å². The van der Waals surface area contributed by atoms with Crippen LogP contribution in [0.2, 0.25) is 0 Å². The first-order valence-corrected chi connectivity index (χ1v) is 9.85. The molecule has 8 heteroatoms. The molecule has 0 bridgehead atoms. The molecule has 0 saturated heterocycles. The second-order valence-corrected chi connectivity index (χ2v) is 7.16. The molecule has 1 aliphatic rings. The molecule has 0 aromatic heterocycles. The summed E-state index contributed by atoms with van der Waals surface area (Å²) in [5.74, 6) is -0.479. The number of benzene rings is 2. The van der Waals surface area contributed by atoms with Gasteiger partial charge in [-0.2, -0.15) is 0 Å². The number of rotatable bonds is 7. The monoisotopic (exact) mass is 426 g/mol. The van der Waals surface area contributed by atoms with Crippen LogP contribution in [0.25, 0.3) is 0 Å². The van der Waals surface area contributed by atoms with Crippen molar-refractivity contribution in [2.45, 2.75) is 18.4 Å². The Morgan fingerprint density at radius 1 is 1.03 bits per heavy atom. The maximum Gasteiger partial charge on any atom is 0.307 e. The van der Waals surface area contributed by atoms with E-state index >= 15 is 0 Å². The predicted molar refractivity (Wildman–Crippen MR) is 113 cm³/mol. The van der Waals surface area contributed by atoms with Gasteiger partial charge >= 0.3 is 5.97 Å². The molecule has 8 nitrogen and oxygen atoms in total. The molecule has 0 aliphatic carbocycles. The third-order valence-electron chi connectivity index (χ3n) is 5.47. The molecule has 0 fully saturated rings. The third kappa shape index (κ3) is 4.33.